The van der Waals surface area contributed by atoms with E-state index in [-0.39, 0.29) is 5.82 Å². The third-order valence-electron chi connectivity index (χ3n) is 5.66. The van der Waals surface area contributed by atoms with Crippen LogP contribution in [0.25, 0.3) is 5.69 Å². The second kappa shape index (κ2) is 9.19. The largest absolute Gasteiger partial charge is 0.385 e. The van der Waals surface area contributed by atoms with Gasteiger partial charge in [-0.1, -0.05) is 12.5 Å². The Morgan fingerprint density at radius 1 is 1.36 bits per heavy atom. The third-order valence-corrected chi connectivity index (χ3v) is 5.66. The zero-order valence-corrected chi connectivity index (χ0v) is 17.0. The van der Waals surface area contributed by atoms with Gasteiger partial charge in [-0.15, -0.1) is 0 Å². The summed E-state index contributed by atoms with van der Waals surface area (Å²) in [6, 6.07) is 5.26. The highest BCUT2D eigenvalue weighted by Gasteiger charge is 2.36. The van der Waals surface area contributed by atoms with Crippen LogP contribution in [0.5, 0.6) is 0 Å². The van der Waals surface area contributed by atoms with Crippen LogP contribution >= 0.6 is 0 Å². The number of hydrogen-bond acceptors (Lipinski definition) is 3. The van der Waals surface area contributed by atoms with Gasteiger partial charge in [0.15, 0.2) is 5.96 Å². The molecule has 0 unspecified atom stereocenters. The van der Waals surface area contributed by atoms with Crippen LogP contribution in [0.4, 0.5) is 4.39 Å². The number of benzene rings is 1. The van der Waals surface area contributed by atoms with Crippen molar-refractivity contribution in [2.75, 3.05) is 27.3 Å². The quantitative estimate of drug-likeness (QED) is 0.539. The van der Waals surface area contributed by atoms with E-state index in [1.165, 1.54) is 19.3 Å². The second-order valence-corrected chi connectivity index (χ2v) is 7.51. The van der Waals surface area contributed by atoms with E-state index in [2.05, 4.69) is 20.6 Å². The van der Waals surface area contributed by atoms with Gasteiger partial charge < -0.3 is 19.9 Å². The predicted octanol–water partition coefficient (Wildman–Crippen LogP) is 3.19. The Morgan fingerprint density at radius 2 is 2.18 bits per heavy atom. The summed E-state index contributed by atoms with van der Waals surface area (Å²) < 4.78 is 21.5. The number of hydrogen-bond donors (Lipinski definition) is 2. The molecule has 0 saturated heterocycles. The van der Waals surface area contributed by atoms with E-state index < -0.39 is 0 Å². The predicted molar refractivity (Wildman–Crippen MR) is 109 cm³/mol. The molecule has 3 rings (SSSR count). The lowest BCUT2D eigenvalue weighted by Crippen LogP contribution is -2.46. The molecule has 7 heteroatoms. The monoisotopic (exact) mass is 387 g/mol. The number of aliphatic imine (C=N–C) groups is 1. The van der Waals surface area contributed by atoms with Gasteiger partial charge in [0.25, 0.3) is 0 Å². The molecule has 1 saturated carbocycles. The van der Waals surface area contributed by atoms with E-state index in [1.54, 1.807) is 43.3 Å². The van der Waals surface area contributed by atoms with Crippen LogP contribution in [-0.4, -0.2) is 42.8 Å². The number of aryl methyl sites for hydroxylation is 1. The Kier molecular flexibility index (Phi) is 6.67. The second-order valence-electron chi connectivity index (χ2n) is 7.51. The minimum atomic E-state index is -0.267. The van der Waals surface area contributed by atoms with Gasteiger partial charge in [0.1, 0.15) is 11.6 Å². The van der Waals surface area contributed by atoms with Gasteiger partial charge in [-0.25, -0.2) is 9.37 Å². The van der Waals surface area contributed by atoms with Crippen molar-refractivity contribution in [3.63, 3.8) is 0 Å². The fourth-order valence-corrected chi connectivity index (χ4v) is 3.68. The van der Waals surface area contributed by atoms with E-state index in [0.29, 0.717) is 17.6 Å². The summed E-state index contributed by atoms with van der Waals surface area (Å²) in [5.41, 5.74) is 1.68. The van der Waals surface area contributed by atoms with E-state index in [4.69, 9.17) is 4.74 Å². The SMILES string of the molecule is CN=C(NCc1ccc(-n2ccnc2C)c(F)c1)NCC1(CCOC)CCC1. The van der Waals surface area contributed by atoms with Crippen molar-refractivity contribution in [2.45, 2.75) is 39.2 Å². The summed E-state index contributed by atoms with van der Waals surface area (Å²) in [6.07, 6.45) is 8.22. The van der Waals surface area contributed by atoms with Crippen LogP contribution in [-0.2, 0) is 11.3 Å². The van der Waals surface area contributed by atoms with Crippen LogP contribution in [0.1, 0.15) is 37.1 Å². The molecule has 1 aromatic heterocycles. The fourth-order valence-electron chi connectivity index (χ4n) is 3.68. The Labute approximate surface area is 166 Å². The number of halogens is 1. The number of methoxy groups -OCH3 is 1. The summed E-state index contributed by atoms with van der Waals surface area (Å²) in [7, 11) is 3.50. The van der Waals surface area contributed by atoms with Gasteiger partial charge in [-0.05, 0) is 49.3 Å². The van der Waals surface area contributed by atoms with Crippen LogP contribution in [0, 0.1) is 18.2 Å². The Morgan fingerprint density at radius 3 is 2.75 bits per heavy atom. The molecule has 6 nitrogen and oxygen atoms in total. The topological polar surface area (TPSA) is 63.5 Å². The molecule has 0 atom stereocenters. The van der Waals surface area contributed by atoms with E-state index in [0.717, 1.165) is 36.9 Å². The molecule has 0 aliphatic heterocycles. The number of rotatable bonds is 8. The summed E-state index contributed by atoms with van der Waals surface area (Å²) in [5.74, 6) is 1.22. The summed E-state index contributed by atoms with van der Waals surface area (Å²) in [5, 5.41) is 6.70. The maximum atomic E-state index is 14.5. The molecule has 2 aromatic rings. The third kappa shape index (κ3) is 4.70. The highest BCUT2D eigenvalue weighted by atomic mass is 19.1. The van der Waals surface area contributed by atoms with Gasteiger partial charge in [-0.2, -0.15) is 0 Å². The summed E-state index contributed by atoms with van der Waals surface area (Å²) in [4.78, 5) is 8.44. The smallest absolute Gasteiger partial charge is 0.191 e. The van der Waals surface area contributed by atoms with Gasteiger partial charge in [0, 0.05) is 46.2 Å². The average molecular weight is 388 g/mol. The normalized spacial score (nSPS) is 15.9. The van der Waals surface area contributed by atoms with E-state index in [1.807, 2.05) is 13.0 Å². The molecule has 1 fully saturated rings. The molecule has 152 valence electrons. The van der Waals surface area contributed by atoms with Crippen molar-refractivity contribution in [1.29, 1.82) is 0 Å². The molecular weight excluding hydrogens is 357 g/mol. The zero-order valence-electron chi connectivity index (χ0n) is 17.0. The zero-order chi connectivity index (χ0) is 20.0. The van der Waals surface area contributed by atoms with Crippen molar-refractivity contribution >= 4 is 5.96 Å². The number of imidazole rings is 1. The van der Waals surface area contributed by atoms with Crippen LogP contribution in [0.15, 0.2) is 35.6 Å². The van der Waals surface area contributed by atoms with Crippen molar-refractivity contribution in [1.82, 2.24) is 20.2 Å². The first-order valence-corrected chi connectivity index (χ1v) is 9.79. The van der Waals surface area contributed by atoms with Crippen molar-refractivity contribution < 1.29 is 9.13 Å². The first kappa shape index (κ1) is 20.3. The fraction of sp³-hybridized carbons (Fsp3) is 0.524. The molecule has 1 aliphatic carbocycles. The molecule has 0 bridgehead atoms. The van der Waals surface area contributed by atoms with Gasteiger partial charge >= 0.3 is 0 Å². The number of aromatic nitrogens is 2. The molecule has 1 aliphatic rings. The Hall–Kier alpha value is -2.41. The highest BCUT2D eigenvalue weighted by molar-refractivity contribution is 5.79. The van der Waals surface area contributed by atoms with Crippen LogP contribution in [0.3, 0.4) is 0 Å². The maximum absolute atomic E-state index is 14.5. The Balaban J connectivity index is 1.55. The molecular formula is C21H30FN5O. The molecule has 0 spiro atoms. The average Bonchev–Trinajstić information content (AvgIpc) is 3.08. The van der Waals surface area contributed by atoms with Crippen LogP contribution < -0.4 is 10.6 Å². The minimum absolute atomic E-state index is 0.267. The minimum Gasteiger partial charge on any atom is -0.385 e. The lowest BCUT2D eigenvalue weighted by atomic mass is 9.67. The van der Waals surface area contributed by atoms with Crippen molar-refractivity contribution in [3.05, 3.63) is 47.8 Å². The lowest BCUT2D eigenvalue weighted by molar-refractivity contribution is 0.0732. The first-order chi connectivity index (χ1) is 13.6. The number of ether oxygens (including phenoxy) is 1. The van der Waals surface area contributed by atoms with Crippen molar-refractivity contribution in [2.24, 2.45) is 10.4 Å². The molecule has 0 radical (unpaired) electrons. The summed E-state index contributed by atoms with van der Waals surface area (Å²) in [6.45, 7) is 4.02. The van der Waals surface area contributed by atoms with E-state index in [9.17, 15) is 4.39 Å². The van der Waals surface area contributed by atoms with Gasteiger partial charge in [0.05, 0.1) is 5.69 Å². The first-order valence-electron chi connectivity index (χ1n) is 9.79. The van der Waals surface area contributed by atoms with Crippen molar-refractivity contribution in [3.8, 4) is 5.69 Å². The van der Waals surface area contributed by atoms with Crippen LogP contribution in [0.2, 0.25) is 0 Å². The van der Waals surface area contributed by atoms with Gasteiger partial charge in [-0.3, -0.25) is 4.99 Å². The number of nitrogens with one attached hydrogen (secondary N) is 2. The Bertz CT molecular complexity index is 813. The number of guanidine groups is 1. The molecule has 1 aromatic carbocycles. The standard InChI is InChI=1S/C21H30FN5O/c1-16-24-10-11-27(16)19-6-5-17(13-18(19)22)14-25-20(23-2)26-15-21(7-4-8-21)9-12-28-3/h5-6,10-11,13H,4,7-9,12,14-15H2,1-3H3,(H2,23,25,26). The molecule has 0 amide bonds. The maximum Gasteiger partial charge on any atom is 0.191 e. The molecule has 1 heterocycles. The summed E-state index contributed by atoms with van der Waals surface area (Å²) >= 11 is 0. The number of nitrogens with zero attached hydrogens (tertiary/aromatic N) is 3. The molecule has 28 heavy (non-hydrogen) atoms. The van der Waals surface area contributed by atoms with Gasteiger partial charge in [0.2, 0.25) is 0 Å². The lowest BCUT2D eigenvalue weighted by Gasteiger charge is -2.42. The van der Waals surface area contributed by atoms with E-state index >= 15 is 0 Å². The highest BCUT2D eigenvalue weighted by Crippen LogP contribution is 2.43. The molecule has 2 N–H and O–H groups in total.